The Kier molecular flexibility index (Phi) is 4.44. The molecule has 2 heterocycles. The summed E-state index contributed by atoms with van der Waals surface area (Å²) in [5.74, 6) is -0.106. The van der Waals surface area contributed by atoms with Crippen LogP contribution in [0.2, 0.25) is 0 Å². The van der Waals surface area contributed by atoms with E-state index >= 15 is 0 Å². The van der Waals surface area contributed by atoms with Gasteiger partial charge in [0.15, 0.2) is 5.69 Å². The molecule has 1 amide bonds. The first-order valence-electron chi connectivity index (χ1n) is 8.04. The fourth-order valence-electron chi connectivity index (χ4n) is 3.64. The summed E-state index contributed by atoms with van der Waals surface area (Å²) in [4.78, 5) is 14.9. The number of aromatic nitrogens is 3. The van der Waals surface area contributed by atoms with Crippen LogP contribution in [0.1, 0.15) is 41.9 Å². The molecule has 7 nitrogen and oxygen atoms in total. The number of aryl methyl sites for hydroxylation is 1. The molecular formula is C15H25N5O2. The van der Waals surface area contributed by atoms with Gasteiger partial charge >= 0.3 is 0 Å². The number of hydrogen-bond donors (Lipinski definition) is 1. The molecular weight excluding hydrogens is 282 g/mol. The van der Waals surface area contributed by atoms with Gasteiger partial charge in [-0.1, -0.05) is 5.21 Å². The summed E-state index contributed by atoms with van der Waals surface area (Å²) in [6, 6.07) is 0.616. The van der Waals surface area contributed by atoms with Gasteiger partial charge in [-0.25, -0.2) is 0 Å². The van der Waals surface area contributed by atoms with Crippen LogP contribution in [-0.4, -0.2) is 64.2 Å². The molecule has 1 aromatic rings. The van der Waals surface area contributed by atoms with E-state index in [1.54, 1.807) is 18.8 Å². The molecule has 1 aliphatic carbocycles. The van der Waals surface area contributed by atoms with Gasteiger partial charge in [0.2, 0.25) is 0 Å². The predicted molar refractivity (Wildman–Crippen MR) is 81.6 cm³/mol. The maximum Gasteiger partial charge on any atom is 0.274 e. The molecule has 3 atom stereocenters. The number of ether oxygens (including phenoxy) is 1. The van der Waals surface area contributed by atoms with E-state index in [1.807, 2.05) is 6.92 Å². The zero-order valence-electron chi connectivity index (χ0n) is 13.6. The number of carbonyl (C=O) groups is 1. The van der Waals surface area contributed by atoms with Crippen molar-refractivity contribution in [3.05, 3.63) is 11.4 Å². The number of amides is 1. The van der Waals surface area contributed by atoms with Crippen LogP contribution in [-0.2, 0) is 11.8 Å². The van der Waals surface area contributed by atoms with Crippen molar-refractivity contribution < 1.29 is 9.53 Å². The summed E-state index contributed by atoms with van der Waals surface area (Å²) in [6.07, 6.45) is 4.74. The minimum atomic E-state index is -0.106. The lowest BCUT2D eigenvalue weighted by Gasteiger charge is -2.29. The van der Waals surface area contributed by atoms with Crippen molar-refractivity contribution in [3.8, 4) is 0 Å². The molecule has 1 aliphatic heterocycles. The fraction of sp³-hybridized carbons (Fsp3) is 0.800. The quantitative estimate of drug-likeness (QED) is 0.877. The average Bonchev–Trinajstić information content (AvgIpc) is 3.20. The zero-order chi connectivity index (χ0) is 15.7. The highest BCUT2D eigenvalue weighted by molar-refractivity contribution is 5.93. The molecule has 1 saturated heterocycles. The van der Waals surface area contributed by atoms with Crippen molar-refractivity contribution in [1.29, 1.82) is 0 Å². The summed E-state index contributed by atoms with van der Waals surface area (Å²) < 4.78 is 7.08. The van der Waals surface area contributed by atoms with Crippen LogP contribution in [0.5, 0.6) is 0 Å². The smallest absolute Gasteiger partial charge is 0.274 e. The van der Waals surface area contributed by atoms with E-state index in [9.17, 15) is 4.79 Å². The predicted octanol–water partition coefficient (Wildman–Crippen LogP) is 0.495. The van der Waals surface area contributed by atoms with E-state index in [1.165, 1.54) is 0 Å². The van der Waals surface area contributed by atoms with Gasteiger partial charge in [0.05, 0.1) is 11.8 Å². The van der Waals surface area contributed by atoms with Crippen molar-refractivity contribution in [2.24, 2.45) is 7.05 Å². The molecule has 7 heteroatoms. The average molecular weight is 307 g/mol. The first-order chi connectivity index (χ1) is 10.6. The Bertz CT molecular complexity index is 544. The fourth-order valence-corrected chi connectivity index (χ4v) is 3.64. The van der Waals surface area contributed by atoms with Gasteiger partial charge < -0.3 is 10.1 Å². The summed E-state index contributed by atoms with van der Waals surface area (Å²) >= 11 is 0. The van der Waals surface area contributed by atoms with Crippen LogP contribution in [0, 0.1) is 6.92 Å². The lowest BCUT2D eigenvalue weighted by atomic mass is 10.1. The third kappa shape index (κ3) is 2.87. The minimum absolute atomic E-state index is 0.106. The highest BCUT2D eigenvalue weighted by Gasteiger charge is 2.37. The van der Waals surface area contributed by atoms with Gasteiger partial charge in [-0.2, -0.15) is 0 Å². The number of nitrogens with zero attached hydrogens (tertiary/aromatic N) is 4. The van der Waals surface area contributed by atoms with E-state index in [0.29, 0.717) is 17.8 Å². The van der Waals surface area contributed by atoms with Gasteiger partial charge in [-0.05, 0) is 32.6 Å². The zero-order valence-corrected chi connectivity index (χ0v) is 13.6. The second kappa shape index (κ2) is 6.34. The first kappa shape index (κ1) is 15.4. The Morgan fingerprint density at radius 2 is 2.18 bits per heavy atom. The lowest BCUT2D eigenvalue weighted by Crippen LogP contribution is -2.48. The van der Waals surface area contributed by atoms with Crippen molar-refractivity contribution in [1.82, 2.24) is 25.2 Å². The van der Waals surface area contributed by atoms with Gasteiger partial charge in [-0.15, -0.1) is 5.10 Å². The third-order valence-corrected chi connectivity index (χ3v) is 5.10. The molecule has 1 N–H and O–H groups in total. The van der Waals surface area contributed by atoms with Crippen molar-refractivity contribution in [2.75, 3.05) is 20.2 Å². The Balaban J connectivity index is 1.64. The highest BCUT2D eigenvalue weighted by Crippen LogP contribution is 2.28. The molecule has 0 spiro atoms. The summed E-state index contributed by atoms with van der Waals surface area (Å²) in [7, 11) is 3.57. The normalized spacial score (nSPS) is 29.1. The Hall–Kier alpha value is -1.47. The van der Waals surface area contributed by atoms with Crippen LogP contribution >= 0.6 is 0 Å². The van der Waals surface area contributed by atoms with Gasteiger partial charge in [-0.3, -0.25) is 14.4 Å². The molecule has 1 unspecified atom stereocenters. The highest BCUT2D eigenvalue weighted by atomic mass is 16.5. The number of methoxy groups -OCH3 is 1. The number of likely N-dealkylation sites (tertiary alicyclic amines) is 1. The van der Waals surface area contributed by atoms with Crippen LogP contribution in [0.4, 0.5) is 0 Å². The second-order valence-corrected chi connectivity index (χ2v) is 6.37. The maximum absolute atomic E-state index is 12.4. The summed E-state index contributed by atoms with van der Waals surface area (Å²) in [5.41, 5.74) is 1.23. The van der Waals surface area contributed by atoms with E-state index in [0.717, 1.165) is 44.5 Å². The topological polar surface area (TPSA) is 72.3 Å². The molecule has 122 valence electrons. The van der Waals surface area contributed by atoms with Crippen molar-refractivity contribution >= 4 is 5.91 Å². The van der Waals surface area contributed by atoms with Crippen molar-refractivity contribution in [3.63, 3.8) is 0 Å². The Labute approximate surface area is 131 Å². The molecule has 2 aliphatic rings. The first-order valence-corrected chi connectivity index (χ1v) is 8.04. The molecule has 0 aromatic carbocycles. The van der Waals surface area contributed by atoms with E-state index in [4.69, 9.17) is 4.74 Å². The number of rotatable bonds is 4. The Morgan fingerprint density at radius 1 is 1.36 bits per heavy atom. The maximum atomic E-state index is 12.4. The van der Waals surface area contributed by atoms with Gasteiger partial charge in [0.1, 0.15) is 0 Å². The van der Waals surface area contributed by atoms with E-state index in [-0.39, 0.29) is 11.9 Å². The minimum Gasteiger partial charge on any atom is -0.380 e. The molecule has 0 bridgehead atoms. The number of hydrogen-bond acceptors (Lipinski definition) is 5. The molecule has 2 fully saturated rings. The SMILES string of the molecule is COC1CCN([C@H]2CCC[C@H]2NC(=O)c2nnn(C)c2C)C1. The molecule has 0 radical (unpaired) electrons. The molecule has 1 aromatic heterocycles. The van der Waals surface area contributed by atoms with Crippen LogP contribution in [0.15, 0.2) is 0 Å². The summed E-state index contributed by atoms with van der Waals surface area (Å²) in [5, 5.41) is 11.1. The van der Waals surface area contributed by atoms with Crippen LogP contribution in [0.3, 0.4) is 0 Å². The third-order valence-electron chi connectivity index (χ3n) is 5.10. The molecule has 1 saturated carbocycles. The molecule has 3 rings (SSSR count). The van der Waals surface area contributed by atoms with E-state index in [2.05, 4.69) is 20.5 Å². The standard InChI is InChI=1S/C15H25N5O2/c1-10-14(17-18-19(10)2)15(21)16-12-5-4-6-13(12)20-8-7-11(9-20)22-3/h11-13H,4-9H2,1-3H3,(H,16,21)/t11?,12-,13+/m1/s1. The monoisotopic (exact) mass is 307 g/mol. The van der Waals surface area contributed by atoms with Crippen LogP contribution in [0.25, 0.3) is 0 Å². The number of nitrogens with one attached hydrogen (secondary N) is 1. The van der Waals surface area contributed by atoms with Gasteiger partial charge in [0, 0.05) is 39.3 Å². The van der Waals surface area contributed by atoms with Gasteiger partial charge in [0.25, 0.3) is 5.91 Å². The lowest BCUT2D eigenvalue weighted by molar-refractivity contribution is 0.0868. The van der Waals surface area contributed by atoms with E-state index < -0.39 is 0 Å². The Morgan fingerprint density at radius 3 is 2.82 bits per heavy atom. The van der Waals surface area contributed by atoms with Crippen molar-refractivity contribution in [2.45, 2.75) is 50.8 Å². The second-order valence-electron chi connectivity index (χ2n) is 6.37. The molecule has 22 heavy (non-hydrogen) atoms. The van der Waals surface area contributed by atoms with Crippen LogP contribution < -0.4 is 5.32 Å². The number of carbonyl (C=O) groups excluding carboxylic acids is 1. The largest absolute Gasteiger partial charge is 0.380 e. The summed E-state index contributed by atoms with van der Waals surface area (Å²) in [6.45, 7) is 3.89.